The molecule has 5 heteroatoms. The van der Waals surface area contributed by atoms with Crippen molar-refractivity contribution in [1.29, 1.82) is 0 Å². The highest BCUT2D eigenvalue weighted by Gasteiger charge is 2.39. The van der Waals surface area contributed by atoms with Gasteiger partial charge in [-0.05, 0) is 51.4 Å². The minimum Gasteiger partial charge on any atom is -0.508 e. The molecule has 1 heterocycles. The zero-order valence-corrected chi connectivity index (χ0v) is 11.8. The fourth-order valence-corrected chi connectivity index (χ4v) is 2.84. The van der Waals surface area contributed by atoms with E-state index in [2.05, 4.69) is 0 Å². The number of rotatable bonds is 3. The zero-order chi connectivity index (χ0) is 14.9. The molecule has 1 aromatic rings. The standard InChI is InChI=1S/C15H20FNO3/c1-10(12-8-11(16)4-5-13(12)18)17-7-3-6-15(2,9-17)14(19)20/h4-5,8,10,18H,3,6-7,9H2,1-2H3,(H,19,20). The first-order valence-corrected chi connectivity index (χ1v) is 6.79. The summed E-state index contributed by atoms with van der Waals surface area (Å²) in [4.78, 5) is 13.4. The van der Waals surface area contributed by atoms with Crippen molar-refractivity contribution in [2.75, 3.05) is 13.1 Å². The fourth-order valence-electron chi connectivity index (χ4n) is 2.84. The van der Waals surface area contributed by atoms with Gasteiger partial charge in [0.1, 0.15) is 11.6 Å². The maximum Gasteiger partial charge on any atom is 0.310 e. The van der Waals surface area contributed by atoms with Crippen molar-refractivity contribution < 1.29 is 19.4 Å². The maximum absolute atomic E-state index is 13.3. The molecule has 4 nitrogen and oxygen atoms in total. The van der Waals surface area contributed by atoms with E-state index in [1.807, 2.05) is 11.8 Å². The second-order valence-electron chi connectivity index (χ2n) is 5.82. The molecule has 0 amide bonds. The number of aliphatic carboxylic acids is 1. The van der Waals surface area contributed by atoms with Crippen LogP contribution in [0.25, 0.3) is 0 Å². The summed E-state index contributed by atoms with van der Waals surface area (Å²) in [6, 6.07) is 3.64. The molecule has 0 bridgehead atoms. The Bertz CT molecular complexity index is 520. The number of phenols is 1. The lowest BCUT2D eigenvalue weighted by Crippen LogP contribution is -2.46. The summed E-state index contributed by atoms with van der Waals surface area (Å²) in [6.07, 6.45) is 1.42. The molecule has 2 N–H and O–H groups in total. The number of phenolic OH excluding ortho intramolecular Hbond substituents is 1. The van der Waals surface area contributed by atoms with Gasteiger partial charge >= 0.3 is 5.97 Å². The average Bonchev–Trinajstić information content (AvgIpc) is 2.40. The van der Waals surface area contributed by atoms with Crippen molar-refractivity contribution in [2.45, 2.75) is 32.7 Å². The van der Waals surface area contributed by atoms with Gasteiger partial charge in [-0.25, -0.2) is 4.39 Å². The molecular formula is C15H20FNO3. The third-order valence-corrected chi connectivity index (χ3v) is 4.23. The molecule has 2 rings (SSSR count). The number of carboxylic acid groups (broad SMARTS) is 1. The average molecular weight is 281 g/mol. The van der Waals surface area contributed by atoms with Crippen LogP contribution >= 0.6 is 0 Å². The highest BCUT2D eigenvalue weighted by molar-refractivity contribution is 5.74. The predicted molar refractivity (Wildman–Crippen MR) is 73.0 cm³/mol. The number of piperidine rings is 1. The molecule has 1 aromatic carbocycles. The third-order valence-electron chi connectivity index (χ3n) is 4.23. The van der Waals surface area contributed by atoms with Crippen molar-refractivity contribution in [2.24, 2.45) is 5.41 Å². The van der Waals surface area contributed by atoms with Gasteiger partial charge < -0.3 is 10.2 Å². The number of nitrogens with zero attached hydrogens (tertiary/aromatic N) is 1. The van der Waals surface area contributed by atoms with Crippen molar-refractivity contribution in [3.05, 3.63) is 29.6 Å². The highest BCUT2D eigenvalue weighted by Crippen LogP contribution is 2.36. The minimum atomic E-state index is -0.808. The second kappa shape index (κ2) is 5.40. The van der Waals surface area contributed by atoms with Gasteiger partial charge in [0.2, 0.25) is 0 Å². The molecule has 0 saturated carbocycles. The summed E-state index contributed by atoms with van der Waals surface area (Å²) in [5, 5.41) is 19.2. The number of carboxylic acids is 1. The molecule has 2 atom stereocenters. The summed E-state index contributed by atoms with van der Waals surface area (Å²) in [5.41, 5.74) is -0.283. The second-order valence-corrected chi connectivity index (χ2v) is 5.82. The molecular weight excluding hydrogens is 261 g/mol. The Balaban J connectivity index is 2.22. The summed E-state index contributed by atoms with van der Waals surface area (Å²) in [5.74, 6) is -1.16. The van der Waals surface area contributed by atoms with Crippen molar-refractivity contribution >= 4 is 5.97 Å². The number of carbonyl (C=O) groups is 1. The van der Waals surface area contributed by atoms with Crippen LogP contribution in [0.3, 0.4) is 0 Å². The summed E-state index contributed by atoms with van der Waals surface area (Å²) < 4.78 is 13.3. The number of hydrogen-bond acceptors (Lipinski definition) is 3. The lowest BCUT2D eigenvalue weighted by Gasteiger charge is -2.40. The molecule has 0 radical (unpaired) electrons. The lowest BCUT2D eigenvalue weighted by atomic mass is 9.81. The van der Waals surface area contributed by atoms with Crippen LogP contribution in [0.2, 0.25) is 0 Å². The van der Waals surface area contributed by atoms with Gasteiger partial charge in [-0.2, -0.15) is 0 Å². The van der Waals surface area contributed by atoms with Gasteiger partial charge in [0, 0.05) is 18.2 Å². The van der Waals surface area contributed by atoms with E-state index in [0.29, 0.717) is 18.5 Å². The molecule has 0 aliphatic carbocycles. The number of halogens is 1. The number of hydrogen-bond donors (Lipinski definition) is 2. The Kier molecular flexibility index (Phi) is 3.99. The van der Waals surface area contributed by atoms with Gasteiger partial charge in [-0.15, -0.1) is 0 Å². The Hall–Kier alpha value is -1.62. The predicted octanol–water partition coefficient (Wildman–Crippen LogP) is 2.78. The van der Waals surface area contributed by atoms with Crippen LogP contribution in [-0.2, 0) is 4.79 Å². The first kappa shape index (κ1) is 14.8. The lowest BCUT2D eigenvalue weighted by molar-refractivity contribution is -0.151. The van der Waals surface area contributed by atoms with Crippen LogP contribution in [0.4, 0.5) is 4.39 Å². The van der Waals surface area contributed by atoms with Gasteiger partial charge in [0.15, 0.2) is 0 Å². The van der Waals surface area contributed by atoms with Crippen LogP contribution < -0.4 is 0 Å². The smallest absolute Gasteiger partial charge is 0.310 e. The maximum atomic E-state index is 13.3. The molecule has 2 unspecified atom stereocenters. The van der Waals surface area contributed by atoms with Gasteiger partial charge in [-0.3, -0.25) is 9.69 Å². The van der Waals surface area contributed by atoms with Crippen LogP contribution in [0, 0.1) is 11.2 Å². The first-order chi connectivity index (χ1) is 9.33. The van der Waals surface area contributed by atoms with Gasteiger partial charge in [0.25, 0.3) is 0 Å². The highest BCUT2D eigenvalue weighted by atomic mass is 19.1. The summed E-state index contributed by atoms with van der Waals surface area (Å²) in [6.45, 7) is 4.75. The topological polar surface area (TPSA) is 60.8 Å². The Labute approximate surface area is 117 Å². The Morgan fingerprint density at radius 2 is 2.20 bits per heavy atom. The Morgan fingerprint density at radius 1 is 1.50 bits per heavy atom. The van der Waals surface area contributed by atoms with E-state index in [1.165, 1.54) is 18.2 Å². The number of benzene rings is 1. The molecule has 1 fully saturated rings. The summed E-state index contributed by atoms with van der Waals surface area (Å²) >= 11 is 0. The molecule has 1 aliphatic heterocycles. The van der Waals surface area contributed by atoms with Crippen molar-refractivity contribution in [1.82, 2.24) is 4.90 Å². The van der Waals surface area contributed by atoms with Crippen molar-refractivity contribution in [3.63, 3.8) is 0 Å². The van der Waals surface area contributed by atoms with Crippen LogP contribution in [0.5, 0.6) is 5.75 Å². The molecule has 0 aromatic heterocycles. The molecule has 20 heavy (non-hydrogen) atoms. The normalized spacial score (nSPS) is 25.4. The van der Waals surface area contributed by atoms with Crippen LogP contribution in [-0.4, -0.2) is 34.2 Å². The van der Waals surface area contributed by atoms with E-state index in [4.69, 9.17) is 0 Å². The van der Waals surface area contributed by atoms with E-state index >= 15 is 0 Å². The first-order valence-electron chi connectivity index (χ1n) is 6.79. The van der Waals surface area contributed by atoms with Crippen molar-refractivity contribution in [3.8, 4) is 5.75 Å². The summed E-state index contributed by atoms with van der Waals surface area (Å²) in [7, 11) is 0. The fraction of sp³-hybridized carbons (Fsp3) is 0.533. The molecule has 1 saturated heterocycles. The minimum absolute atomic E-state index is 0.0431. The van der Waals surface area contributed by atoms with E-state index in [1.54, 1.807) is 6.92 Å². The van der Waals surface area contributed by atoms with E-state index in [0.717, 1.165) is 13.0 Å². The van der Waals surface area contributed by atoms with Gasteiger partial charge in [-0.1, -0.05) is 0 Å². The monoisotopic (exact) mass is 281 g/mol. The molecule has 0 spiro atoms. The third kappa shape index (κ3) is 2.77. The van der Waals surface area contributed by atoms with Gasteiger partial charge in [0.05, 0.1) is 5.41 Å². The van der Waals surface area contributed by atoms with E-state index in [-0.39, 0.29) is 11.8 Å². The SMILES string of the molecule is CC(c1cc(F)ccc1O)N1CCCC(C)(C(=O)O)C1. The molecule has 1 aliphatic rings. The van der Waals surface area contributed by atoms with Crippen LogP contribution in [0.1, 0.15) is 38.3 Å². The van der Waals surface area contributed by atoms with E-state index < -0.39 is 17.2 Å². The number of likely N-dealkylation sites (tertiary alicyclic amines) is 1. The Morgan fingerprint density at radius 3 is 2.85 bits per heavy atom. The van der Waals surface area contributed by atoms with E-state index in [9.17, 15) is 19.4 Å². The quantitative estimate of drug-likeness (QED) is 0.894. The largest absolute Gasteiger partial charge is 0.508 e. The zero-order valence-electron chi connectivity index (χ0n) is 11.8. The molecule has 110 valence electrons. The van der Waals surface area contributed by atoms with Crippen LogP contribution in [0.15, 0.2) is 18.2 Å². The number of aromatic hydroxyl groups is 1.